The van der Waals surface area contributed by atoms with Crippen LogP contribution in [0.5, 0.6) is 0 Å². The van der Waals surface area contributed by atoms with E-state index in [0.29, 0.717) is 18.0 Å². The Balaban J connectivity index is 2.84. The van der Waals surface area contributed by atoms with Crippen LogP contribution in [0.1, 0.15) is 18.9 Å². The van der Waals surface area contributed by atoms with E-state index in [1.807, 2.05) is 30.1 Å². The van der Waals surface area contributed by atoms with Gasteiger partial charge >= 0.3 is 0 Å². The van der Waals surface area contributed by atoms with E-state index in [4.69, 9.17) is 17.3 Å². The van der Waals surface area contributed by atoms with Crippen molar-refractivity contribution in [3.63, 3.8) is 0 Å². The van der Waals surface area contributed by atoms with E-state index in [1.54, 1.807) is 6.92 Å². The number of anilines is 1. The Labute approximate surface area is 102 Å². The van der Waals surface area contributed by atoms with Gasteiger partial charge in [0.1, 0.15) is 0 Å². The van der Waals surface area contributed by atoms with E-state index in [2.05, 4.69) is 0 Å². The van der Waals surface area contributed by atoms with Gasteiger partial charge in [-0.1, -0.05) is 23.7 Å². The SMILES string of the molecule is CC(O)CCN(C)c1c(Cl)cccc1CN. The van der Waals surface area contributed by atoms with Gasteiger partial charge in [0.05, 0.1) is 16.8 Å². The van der Waals surface area contributed by atoms with Crippen molar-refractivity contribution in [2.75, 3.05) is 18.5 Å². The molecular formula is C12H19ClN2O. The zero-order valence-corrected chi connectivity index (χ0v) is 10.5. The number of hydrogen-bond donors (Lipinski definition) is 2. The molecule has 0 radical (unpaired) electrons. The zero-order chi connectivity index (χ0) is 12.1. The van der Waals surface area contributed by atoms with Gasteiger partial charge in [-0.15, -0.1) is 0 Å². The first-order chi connectivity index (χ1) is 7.56. The number of aliphatic hydroxyl groups excluding tert-OH is 1. The van der Waals surface area contributed by atoms with Gasteiger partial charge in [0.15, 0.2) is 0 Å². The van der Waals surface area contributed by atoms with E-state index in [1.165, 1.54) is 0 Å². The highest BCUT2D eigenvalue weighted by Crippen LogP contribution is 2.29. The molecule has 3 N–H and O–H groups in total. The average molecular weight is 243 g/mol. The van der Waals surface area contributed by atoms with E-state index in [9.17, 15) is 5.11 Å². The minimum atomic E-state index is -0.300. The summed E-state index contributed by atoms with van der Waals surface area (Å²) < 4.78 is 0. The van der Waals surface area contributed by atoms with Gasteiger partial charge in [0.2, 0.25) is 0 Å². The molecule has 0 aliphatic rings. The molecule has 0 amide bonds. The molecule has 90 valence electrons. The summed E-state index contributed by atoms with van der Waals surface area (Å²) in [5, 5.41) is 9.96. The van der Waals surface area contributed by atoms with E-state index < -0.39 is 0 Å². The summed E-state index contributed by atoms with van der Waals surface area (Å²) in [6.07, 6.45) is 0.414. The van der Waals surface area contributed by atoms with Gasteiger partial charge in [-0.3, -0.25) is 0 Å². The largest absolute Gasteiger partial charge is 0.393 e. The van der Waals surface area contributed by atoms with Crippen LogP contribution in [0, 0.1) is 0 Å². The first kappa shape index (κ1) is 13.3. The predicted octanol–water partition coefficient (Wildman–Crippen LogP) is 2.01. The Morgan fingerprint density at radius 1 is 1.50 bits per heavy atom. The molecule has 0 bridgehead atoms. The predicted molar refractivity (Wildman–Crippen MR) is 68.9 cm³/mol. The summed E-state index contributed by atoms with van der Waals surface area (Å²) in [5.41, 5.74) is 7.67. The molecular weight excluding hydrogens is 224 g/mol. The Morgan fingerprint density at radius 2 is 2.19 bits per heavy atom. The quantitative estimate of drug-likeness (QED) is 0.831. The van der Waals surface area contributed by atoms with Crippen LogP contribution in [-0.4, -0.2) is 24.8 Å². The van der Waals surface area contributed by atoms with Crippen molar-refractivity contribution in [3.05, 3.63) is 28.8 Å². The first-order valence-electron chi connectivity index (χ1n) is 5.43. The van der Waals surface area contributed by atoms with Crippen LogP contribution in [0.15, 0.2) is 18.2 Å². The topological polar surface area (TPSA) is 49.5 Å². The van der Waals surface area contributed by atoms with Crippen LogP contribution in [0.4, 0.5) is 5.69 Å². The molecule has 0 aromatic heterocycles. The number of para-hydroxylation sites is 1. The number of rotatable bonds is 5. The van der Waals surface area contributed by atoms with E-state index in [0.717, 1.165) is 17.8 Å². The molecule has 16 heavy (non-hydrogen) atoms. The summed E-state index contributed by atoms with van der Waals surface area (Å²) >= 11 is 6.16. The molecule has 3 nitrogen and oxygen atoms in total. The molecule has 0 fully saturated rings. The molecule has 1 unspecified atom stereocenters. The van der Waals surface area contributed by atoms with Crippen LogP contribution >= 0.6 is 11.6 Å². The van der Waals surface area contributed by atoms with Gasteiger partial charge in [0, 0.05) is 20.1 Å². The summed E-state index contributed by atoms with van der Waals surface area (Å²) in [5.74, 6) is 0. The monoisotopic (exact) mass is 242 g/mol. The molecule has 1 aromatic rings. The highest BCUT2D eigenvalue weighted by atomic mass is 35.5. The second kappa shape index (κ2) is 6.09. The fourth-order valence-electron chi connectivity index (χ4n) is 1.64. The maximum atomic E-state index is 9.26. The number of halogens is 1. The second-order valence-corrected chi connectivity index (χ2v) is 4.42. The molecule has 1 aromatic carbocycles. The Morgan fingerprint density at radius 3 is 2.75 bits per heavy atom. The van der Waals surface area contributed by atoms with Gasteiger partial charge < -0.3 is 15.7 Å². The molecule has 0 spiro atoms. The summed E-state index contributed by atoms with van der Waals surface area (Å²) in [6, 6.07) is 5.73. The van der Waals surface area contributed by atoms with E-state index >= 15 is 0 Å². The third-order valence-electron chi connectivity index (χ3n) is 2.55. The average Bonchev–Trinajstić information content (AvgIpc) is 2.25. The molecule has 0 heterocycles. The van der Waals surface area contributed by atoms with Crippen molar-refractivity contribution in [1.82, 2.24) is 0 Å². The highest BCUT2D eigenvalue weighted by Gasteiger charge is 2.11. The Hall–Kier alpha value is -0.770. The summed E-state index contributed by atoms with van der Waals surface area (Å²) in [6.45, 7) is 3.01. The third-order valence-corrected chi connectivity index (χ3v) is 2.86. The second-order valence-electron chi connectivity index (χ2n) is 4.01. The molecule has 1 rings (SSSR count). The van der Waals surface area contributed by atoms with Gasteiger partial charge in [0.25, 0.3) is 0 Å². The van der Waals surface area contributed by atoms with Crippen molar-refractivity contribution in [3.8, 4) is 0 Å². The fraction of sp³-hybridized carbons (Fsp3) is 0.500. The lowest BCUT2D eigenvalue weighted by atomic mass is 10.1. The molecule has 1 atom stereocenters. The van der Waals surface area contributed by atoms with Crippen molar-refractivity contribution in [2.24, 2.45) is 5.73 Å². The van der Waals surface area contributed by atoms with E-state index in [-0.39, 0.29) is 6.10 Å². The number of nitrogens with zero attached hydrogens (tertiary/aromatic N) is 1. The highest BCUT2D eigenvalue weighted by molar-refractivity contribution is 6.33. The van der Waals surface area contributed by atoms with Crippen LogP contribution in [-0.2, 0) is 6.54 Å². The van der Waals surface area contributed by atoms with Crippen LogP contribution in [0.25, 0.3) is 0 Å². The van der Waals surface area contributed by atoms with Crippen LogP contribution < -0.4 is 10.6 Å². The molecule has 4 heteroatoms. The van der Waals surface area contributed by atoms with Crippen LogP contribution in [0.2, 0.25) is 5.02 Å². The van der Waals surface area contributed by atoms with Crippen molar-refractivity contribution in [2.45, 2.75) is 26.0 Å². The summed E-state index contributed by atoms with van der Waals surface area (Å²) in [7, 11) is 1.96. The van der Waals surface area contributed by atoms with Gasteiger partial charge in [-0.2, -0.15) is 0 Å². The maximum absolute atomic E-state index is 9.26. The third kappa shape index (κ3) is 3.37. The minimum Gasteiger partial charge on any atom is -0.393 e. The Bertz CT molecular complexity index is 342. The number of nitrogens with two attached hydrogens (primary N) is 1. The Kier molecular flexibility index (Phi) is 5.06. The van der Waals surface area contributed by atoms with Gasteiger partial charge in [-0.25, -0.2) is 0 Å². The van der Waals surface area contributed by atoms with Crippen molar-refractivity contribution >= 4 is 17.3 Å². The zero-order valence-electron chi connectivity index (χ0n) is 9.78. The molecule has 0 aliphatic heterocycles. The molecule has 0 saturated heterocycles. The lowest BCUT2D eigenvalue weighted by Gasteiger charge is -2.24. The number of benzene rings is 1. The fourth-order valence-corrected chi connectivity index (χ4v) is 1.98. The van der Waals surface area contributed by atoms with Crippen molar-refractivity contribution in [1.29, 1.82) is 0 Å². The minimum absolute atomic E-state index is 0.300. The standard InChI is InChI=1S/C12H19ClN2O/c1-9(16)6-7-15(2)12-10(8-14)4-3-5-11(12)13/h3-5,9,16H,6-8,14H2,1-2H3. The molecule has 0 saturated carbocycles. The summed E-state index contributed by atoms with van der Waals surface area (Å²) in [4.78, 5) is 2.04. The van der Waals surface area contributed by atoms with Crippen molar-refractivity contribution < 1.29 is 5.11 Å². The lowest BCUT2D eigenvalue weighted by molar-refractivity contribution is 0.187. The smallest absolute Gasteiger partial charge is 0.0642 e. The number of aliphatic hydroxyl groups is 1. The first-order valence-corrected chi connectivity index (χ1v) is 5.80. The number of hydrogen-bond acceptors (Lipinski definition) is 3. The molecule has 0 aliphatic carbocycles. The normalized spacial score (nSPS) is 12.6. The maximum Gasteiger partial charge on any atom is 0.0642 e. The van der Waals surface area contributed by atoms with Crippen LogP contribution in [0.3, 0.4) is 0 Å². The lowest BCUT2D eigenvalue weighted by Crippen LogP contribution is -2.23. The van der Waals surface area contributed by atoms with Gasteiger partial charge in [-0.05, 0) is 25.0 Å².